The third-order valence-corrected chi connectivity index (χ3v) is 4.48. The Morgan fingerprint density at radius 2 is 1.70 bits per heavy atom. The zero-order valence-electron chi connectivity index (χ0n) is 13.3. The maximum absolute atomic E-state index is 12.1. The highest BCUT2D eigenvalue weighted by Gasteiger charge is 2.13. The molecule has 8 heteroatoms. The highest BCUT2D eigenvalue weighted by Crippen LogP contribution is 2.17. The first-order valence-corrected chi connectivity index (χ1v) is 8.57. The highest BCUT2D eigenvalue weighted by molar-refractivity contribution is 7.89. The molecule has 1 aromatic heterocycles. The molecule has 0 amide bonds. The topological polar surface area (TPSA) is 93.2 Å². The minimum Gasteiger partial charge on any atom is -0.383 e. The molecule has 0 unspecified atom stereocenters. The minimum absolute atomic E-state index is 0.195. The summed E-state index contributed by atoms with van der Waals surface area (Å²) in [6.45, 7) is 4.33. The van der Waals surface area contributed by atoms with Crippen molar-refractivity contribution < 1.29 is 13.2 Å². The molecule has 1 aromatic carbocycles. The summed E-state index contributed by atoms with van der Waals surface area (Å²) < 4.78 is 31.4. The van der Waals surface area contributed by atoms with E-state index in [9.17, 15) is 8.42 Å². The van der Waals surface area contributed by atoms with E-state index in [1.165, 1.54) is 19.2 Å². The number of nitrogens with zero attached hydrogens (tertiary/aromatic N) is 2. The van der Waals surface area contributed by atoms with Gasteiger partial charge in [0.25, 0.3) is 0 Å². The van der Waals surface area contributed by atoms with Gasteiger partial charge in [-0.05, 0) is 44.2 Å². The molecular formula is C15H20N4O3S. The van der Waals surface area contributed by atoms with Crippen LogP contribution in [0.1, 0.15) is 11.4 Å². The molecule has 0 spiro atoms. The van der Waals surface area contributed by atoms with Gasteiger partial charge in [-0.25, -0.2) is 23.1 Å². The van der Waals surface area contributed by atoms with E-state index in [0.29, 0.717) is 18.2 Å². The second kappa shape index (κ2) is 7.49. The van der Waals surface area contributed by atoms with Crippen LogP contribution in [-0.2, 0) is 14.8 Å². The first-order chi connectivity index (χ1) is 10.9. The Labute approximate surface area is 136 Å². The van der Waals surface area contributed by atoms with Gasteiger partial charge in [0.1, 0.15) is 0 Å². The predicted molar refractivity (Wildman–Crippen MR) is 88.3 cm³/mol. The Hall–Kier alpha value is -2.03. The van der Waals surface area contributed by atoms with Gasteiger partial charge in [0, 0.05) is 30.7 Å². The summed E-state index contributed by atoms with van der Waals surface area (Å²) in [4.78, 5) is 8.76. The Morgan fingerprint density at radius 3 is 2.26 bits per heavy atom. The van der Waals surface area contributed by atoms with Gasteiger partial charge in [0.2, 0.25) is 16.0 Å². The van der Waals surface area contributed by atoms with Crippen LogP contribution in [0.15, 0.2) is 35.2 Å². The number of hydrogen-bond donors (Lipinski definition) is 2. The molecule has 0 saturated carbocycles. The number of anilines is 2. The van der Waals surface area contributed by atoms with Crippen molar-refractivity contribution in [3.63, 3.8) is 0 Å². The summed E-state index contributed by atoms with van der Waals surface area (Å²) >= 11 is 0. The number of aryl methyl sites for hydroxylation is 2. The van der Waals surface area contributed by atoms with E-state index in [1.54, 1.807) is 12.1 Å². The third kappa shape index (κ3) is 4.98. The molecule has 124 valence electrons. The maximum atomic E-state index is 12.1. The van der Waals surface area contributed by atoms with Crippen LogP contribution < -0.4 is 10.0 Å². The van der Waals surface area contributed by atoms with Gasteiger partial charge in [-0.15, -0.1) is 0 Å². The standard InChI is InChI=1S/C15H20N4O3S/c1-11-10-12(2)18-15(17-11)19-13-4-6-14(7-5-13)23(20,21)16-8-9-22-3/h4-7,10,16H,8-9H2,1-3H3,(H,17,18,19). The van der Waals surface area contributed by atoms with Crippen LogP contribution >= 0.6 is 0 Å². The lowest BCUT2D eigenvalue weighted by Gasteiger charge is -2.09. The molecule has 0 bridgehead atoms. The van der Waals surface area contributed by atoms with E-state index >= 15 is 0 Å². The van der Waals surface area contributed by atoms with Gasteiger partial charge in [-0.3, -0.25) is 0 Å². The summed E-state index contributed by atoms with van der Waals surface area (Å²) in [7, 11) is -2.01. The van der Waals surface area contributed by atoms with Crippen LogP contribution in [0, 0.1) is 13.8 Å². The highest BCUT2D eigenvalue weighted by atomic mass is 32.2. The van der Waals surface area contributed by atoms with Crippen LogP contribution in [0.5, 0.6) is 0 Å². The molecule has 0 aliphatic carbocycles. The lowest BCUT2D eigenvalue weighted by molar-refractivity contribution is 0.204. The van der Waals surface area contributed by atoms with Crippen molar-refractivity contribution in [1.82, 2.24) is 14.7 Å². The van der Waals surface area contributed by atoms with Gasteiger partial charge < -0.3 is 10.1 Å². The number of ether oxygens (including phenoxy) is 1. The average Bonchev–Trinajstić information content (AvgIpc) is 2.47. The zero-order valence-corrected chi connectivity index (χ0v) is 14.1. The first kappa shape index (κ1) is 17.3. The molecule has 1 heterocycles. The first-order valence-electron chi connectivity index (χ1n) is 7.09. The molecule has 23 heavy (non-hydrogen) atoms. The van der Waals surface area contributed by atoms with Crippen molar-refractivity contribution in [2.24, 2.45) is 0 Å². The Balaban J connectivity index is 2.10. The van der Waals surface area contributed by atoms with Gasteiger partial charge >= 0.3 is 0 Å². The Morgan fingerprint density at radius 1 is 1.09 bits per heavy atom. The number of rotatable bonds is 7. The summed E-state index contributed by atoms with van der Waals surface area (Å²) in [5.41, 5.74) is 2.44. The molecule has 0 aliphatic rings. The molecule has 0 saturated heterocycles. The molecule has 0 radical (unpaired) electrons. The summed E-state index contributed by atoms with van der Waals surface area (Å²) in [6, 6.07) is 8.28. The van der Waals surface area contributed by atoms with Gasteiger partial charge in [-0.1, -0.05) is 0 Å². The van der Waals surface area contributed by atoms with Crippen molar-refractivity contribution in [1.29, 1.82) is 0 Å². The Bertz CT molecular complexity index is 741. The molecule has 0 fully saturated rings. The average molecular weight is 336 g/mol. The summed E-state index contributed by atoms with van der Waals surface area (Å²) in [6.07, 6.45) is 0. The second-order valence-corrected chi connectivity index (χ2v) is 6.78. The monoisotopic (exact) mass is 336 g/mol. The number of methoxy groups -OCH3 is 1. The lowest BCUT2D eigenvalue weighted by Crippen LogP contribution is -2.27. The van der Waals surface area contributed by atoms with Crippen LogP contribution in [0.25, 0.3) is 0 Å². The number of benzene rings is 1. The number of aromatic nitrogens is 2. The normalized spacial score (nSPS) is 11.4. The third-order valence-electron chi connectivity index (χ3n) is 3.00. The molecule has 7 nitrogen and oxygen atoms in total. The van der Waals surface area contributed by atoms with Gasteiger partial charge in [-0.2, -0.15) is 0 Å². The van der Waals surface area contributed by atoms with Crippen molar-refractivity contribution in [3.05, 3.63) is 41.7 Å². The SMILES string of the molecule is COCCNS(=O)(=O)c1ccc(Nc2nc(C)cc(C)n2)cc1. The second-order valence-electron chi connectivity index (χ2n) is 5.01. The summed E-state index contributed by atoms with van der Waals surface area (Å²) in [5, 5.41) is 3.06. The molecular weight excluding hydrogens is 316 g/mol. The van der Waals surface area contributed by atoms with E-state index in [-0.39, 0.29) is 11.4 Å². The molecule has 0 atom stereocenters. The van der Waals surface area contributed by atoms with Crippen LogP contribution in [0.4, 0.5) is 11.6 Å². The van der Waals surface area contributed by atoms with Gasteiger partial charge in [0.05, 0.1) is 11.5 Å². The van der Waals surface area contributed by atoms with E-state index in [1.807, 2.05) is 19.9 Å². The van der Waals surface area contributed by atoms with E-state index < -0.39 is 10.0 Å². The minimum atomic E-state index is -3.52. The quantitative estimate of drug-likeness (QED) is 0.749. The van der Waals surface area contributed by atoms with Crippen molar-refractivity contribution in [2.45, 2.75) is 18.7 Å². The predicted octanol–water partition coefficient (Wildman–Crippen LogP) is 1.76. The van der Waals surface area contributed by atoms with E-state index in [0.717, 1.165) is 11.4 Å². The maximum Gasteiger partial charge on any atom is 0.240 e. The largest absolute Gasteiger partial charge is 0.383 e. The zero-order chi connectivity index (χ0) is 16.9. The van der Waals surface area contributed by atoms with E-state index in [2.05, 4.69) is 20.0 Å². The van der Waals surface area contributed by atoms with Crippen LogP contribution in [0.2, 0.25) is 0 Å². The molecule has 2 N–H and O–H groups in total. The van der Waals surface area contributed by atoms with Crippen molar-refractivity contribution in [3.8, 4) is 0 Å². The fourth-order valence-electron chi connectivity index (χ4n) is 1.99. The fourth-order valence-corrected chi connectivity index (χ4v) is 3.00. The van der Waals surface area contributed by atoms with Crippen molar-refractivity contribution >= 4 is 21.7 Å². The van der Waals surface area contributed by atoms with Crippen LogP contribution in [0.3, 0.4) is 0 Å². The smallest absolute Gasteiger partial charge is 0.240 e. The molecule has 2 rings (SSSR count). The number of hydrogen-bond acceptors (Lipinski definition) is 6. The van der Waals surface area contributed by atoms with Crippen molar-refractivity contribution in [2.75, 3.05) is 25.6 Å². The molecule has 2 aromatic rings. The fraction of sp³-hybridized carbons (Fsp3) is 0.333. The number of sulfonamides is 1. The van der Waals surface area contributed by atoms with E-state index in [4.69, 9.17) is 4.74 Å². The molecule has 0 aliphatic heterocycles. The lowest BCUT2D eigenvalue weighted by atomic mass is 10.3. The number of nitrogens with one attached hydrogen (secondary N) is 2. The Kier molecular flexibility index (Phi) is 5.64. The van der Waals surface area contributed by atoms with Crippen LogP contribution in [-0.4, -0.2) is 38.6 Å². The van der Waals surface area contributed by atoms with Gasteiger partial charge in [0.15, 0.2) is 0 Å². The summed E-state index contributed by atoms with van der Waals surface area (Å²) in [5.74, 6) is 0.483.